The first-order valence-electron chi connectivity index (χ1n) is 8.49. The first kappa shape index (κ1) is 18.0. The maximum Gasteiger partial charge on any atom is 0.214 e. The highest BCUT2D eigenvalue weighted by molar-refractivity contribution is 7.71. The van der Waals surface area contributed by atoms with E-state index >= 15 is 0 Å². The summed E-state index contributed by atoms with van der Waals surface area (Å²) in [6.07, 6.45) is 0.981. The van der Waals surface area contributed by atoms with Gasteiger partial charge < -0.3 is 14.9 Å². The molecule has 0 aliphatic carbocycles. The summed E-state index contributed by atoms with van der Waals surface area (Å²) in [6.45, 7) is 3.38. The second-order valence-electron chi connectivity index (χ2n) is 5.72. The SMILES string of the molecule is CCCOc1cccc(CNn2c(-c3ccccc3OC)n[nH]c2=S)c1. The number of nitrogens with one attached hydrogen (secondary N) is 2. The standard InChI is InChI=1S/C19H22N4O2S/c1-3-11-25-15-8-6-7-14(12-15)13-20-23-18(21-22-19(23)26)16-9-4-5-10-17(16)24-2/h4-10,12,20H,3,11,13H2,1-2H3,(H,22,26). The Bertz CT molecular complexity index is 920. The molecular weight excluding hydrogens is 348 g/mol. The van der Waals surface area contributed by atoms with E-state index in [0.29, 0.717) is 23.7 Å². The minimum atomic E-state index is 0.490. The number of H-pyrrole nitrogens is 1. The molecule has 0 spiro atoms. The molecule has 0 aliphatic heterocycles. The Morgan fingerprint density at radius 1 is 1.19 bits per heavy atom. The van der Waals surface area contributed by atoms with Gasteiger partial charge >= 0.3 is 0 Å². The third-order valence-electron chi connectivity index (χ3n) is 3.83. The predicted molar refractivity (Wildman–Crippen MR) is 105 cm³/mol. The van der Waals surface area contributed by atoms with E-state index in [-0.39, 0.29) is 0 Å². The summed E-state index contributed by atoms with van der Waals surface area (Å²) in [5.41, 5.74) is 5.27. The summed E-state index contributed by atoms with van der Waals surface area (Å²) >= 11 is 5.37. The van der Waals surface area contributed by atoms with Gasteiger partial charge in [-0.05, 0) is 48.5 Å². The molecule has 0 amide bonds. The molecule has 7 heteroatoms. The molecule has 6 nitrogen and oxygen atoms in total. The van der Waals surface area contributed by atoms with Gasteiger partial charge in [0.2, 0.25) is 4.77 Å². The number of aromatic amines is 1. The van der Waals surface area contributed by atoms with E-state index in [0.717, 1.165) is 29.0 Å². The van der Waals surface area contributed by atoms with Crippen molar-refractivity contribution >= 4 is 12.2 Å². The van der Waals surface area contributed by atoms with Gasteiger partial charge in [-0.3, -0.25) is 0 Å². The van der Waals surface area contributed by atoms with Crippen molar-refractivity contribution in [3.8, 4) is 22.9 Å². The number of para-hydroxylation sites is 1. The lowest BCUT2D eigenvalue weighted by molar-refractivity contribution is 0.317. The Kier molecular flexibility index (Phi) is 5.91. The van der Waals surface area contributed by atoms with Crippen molar-refractivity contribution in [3.63, 3.8) is 0 Å². The van der Waals surface area contributed by atoms with Crippen LogP contribution in [-0.4, -0.2) is 28.6 Å². The van der Waals surface area contributed by atoms with E-state index < -0.39 is 0 Å². The third-order valence-corrected chi connectivity index (χ3v) is 4.11. The number of aromatic nitrogens is 3. The lowest BCUT2D eigenvalue weighted by atomic mass is 10.2. The Labute approximate surface area is 157 Å². The smallest absolute Gasteiger partial charge is 0.214 e. The zero-order valence-electron chi connectivity index (χ0n) is 14.9. The molecule has 2 aromatic carbocycles. The second kappa shape index (κ2) is 8.53. The highest BCUT2D eigenvalue weighted by Crippen LogP contribution is 2.27. The Hall–Kier alpha value is -2.80. The molecule has 2 N–H and O–H groups in total. The number of methoxy groups -OCH3 is 1. The maximum atomic E-state index is 5.69. The highest BCUT2D eigenvalue weighted by Gasteiger charge is 2.13. The van der Waals surface area contributed by atoms with Gasteiger partial charge in [0.1, 0.15) is 11.5 Å². The van der Waals surface area contributed by atoms with Crippen molar-refractivity contribution in [2.75, 3.05) is 19.1 Å². The lowest BCUT2D eigenvalue weighted by Crippen LogP contribution is -2.16. The zero-order chi connectivity index (χ0) is 18.4. The summed E-state index contributed by atoms with van der Waals surface area (Å²) in [6, 6.07) is 15.7. The number of nitrogens with zero attached hydrogens (tertiary/aromatic N) is 2. The van der Waals surface area contributed by atoms with Gasteiger partial charge in [-0.15, -0.1) is 0 Å². The van der Waals surface area contributed by atoms with Crippen LogP contribution in [0.4, 0.5) is 0 Å². The van der Waals surface area contributed by atoms with E-state index in [4.69, 9.17) is 21.7 Å². The van der Waals surface area contributed by atoms with Crippen LogP contribution in [0.15, 0.2) is 48.5 Å². The Morgan fingerprint density at radius 2 is 2.04 bits per heavy atom. The fourth-order valence-electron chi connectivity index (χ4n) is 2.59. The number of hydrogen-bond donors (Lipinski definition) is 2. The predicted octanol–water partition coefficient (Wildman–Crippen LogP) is 4.15. The summed E-state index contributed by atoms with van der Waals surface area (Å²) in [5, 5.41) is 7.18. The van der Waals surface area contributed by atoms with E-state index in [1.54, 1.807) is 11.8 Å². The number of rotatable bonds is 8. The summed E-state index contributed by atoms with van der Waals surface area (Å²) in [7, 11) is 1.64. The molecule has 0 fully saturated rings. The molecule has 0 atom stereocenters. The van der Waals surface area contributed by atoms with Crippen LogP contribution in [0.1, 0.15) is 18.9 Å². The molecular formula is C19H22N4O2S. The van der Waals surface area contributed by atoms with Crippen LogP contribution in [0.5, 0.6) is 11.5 Å². The minimum absolute atomic E-state index is 0.490. The number of benzene rings is 2. The van der Waals surface area contributed by atoms with Crippen LogP contribution in [0.2, 0.25) is 0 Å². The fraction of sp³-hybridized carbons (Fsp3) is 0.263. The normalized spacial score (nSPS) is 10.5. The van der Waals surface area contributed by atoms with Crippen molar-refractivity contribution in [2.45, 2.75) is 19.9 Å². The third kappa shape index (κ3) is 4.05. The van der Waals surface area contributed by atoms with E-state index in [1.807, 2.05) is 48.5 Å². The molecule has 1 heterocycles. The van der Waals surface area contributed by atoms with E-state index in [9.17, 15) is 0 Å². The number of hydrogen-bond acceptors (Lipinski definition) is 5. The van der Waals surface area contributed by atoms with Crippen LogP contribution in [0.25, 0.3) is 11.4 Å². The van der Waals surface area contributed by atoms with Gasteiger partial charge in [0.15, 0.2) is 5.82 Å². The van der Waals surface area contributed by atoms with Crippen molar-refractivity contribution in [1.82, 2.24) is 14.9 Å². The number of ether oxygens (including phenoxy) is 2. The van der Waals surface area contributed by atoms with Crippen molar-refractivity contribution < 1.29 is 9.47 Å². The van der Waals surface area contributed by atoms with Crippen LogP contribution >= 0.6 is 12.2 Å². The van der Waals surface area contributed by atoms with E-state index in [1.165, 1.54) is 0 Å². The fourth-order valence-corrected chi connectivity index (χ4v) is 2.79. The first-order chi connectivity index (χ1) is 12.7. The quantitative estimate of drug-likeness (QED) is 0.583. The molecule has 3 aromatic rings. The van der Waals surface area contributed by atoms with Crippen LogP contribution in [-0.2, 0) is 6.54 Å². The topological polar surface area (TPSA) is 64.1 Å². The molecule has 3 rings (SSSR count). The molecule has 0 unspecified atom stereocenters. The Morgan fingerprint density at radius 3 is 2.85 bits per heavy atom. The van der Waals surface area contributed by atoms with Gasteiger partial charge in [0.25, 0.3) is 0 Å². The molecule has 0 bridgehead atoms. The van der Waals surface area contributed by atoms with Crippen LogP contribution in [0.3, 0.4) is 0 Å². The van der Waals surface area contributed by atoms with Crippen LogP contribution in [0, 0.1) is 4.77 Å². The second-order valence-corrected chi connectivity index (χ2v) is 6.11. The monoisotopic (exact) mass is 370 g/mol. The Balaban J connectivity index is 1.81. The molecule has 0 saturated carbocycles. The van der Waals surface area contributed by atoms with Gasteiger partial charge in [-0.25, -0.2) is 9.77 Å². The van der Waals surface area contributed by atoms with Gasteiger partial charge in [0.05, 0.1) is 25.8 Å². The van der Waals surface area contributed by atoms with Gasteiger partial charge in [-0.2, -0.15) is 5.10 Å². The molecule has 136 valence electrons. The van der Waals surface area contributed by atoms with Crippen molar-refractivity contribution in [1.29, 1.82) is 0 Å². The molecule has 0 saturated heterocycles. The van der Waals surface area contributed by atoms with Crippen molar-refractivity contribution in [2.24, 2.45) is 0 Å². The highest BCUT2D eigenvalue weighted by atomic mass is 32.1. The van der Waals surface area contributed by atoms with Gasteiger partial charge in [0, 0.05) is 0 Å². The van der Waals surface area contributed by atoms with Crippen molar-refractivity contribution in [3.05, 3.63) is 58.9 Å². The minimum Gasteiger partial charge on any atom is -0.496 e. The molecule has 0 aliphatic rings. The summed E-state index contributed by atoms with van der Waals surface area (Å²) in [5.74, 6) is 2.28. The average Bonchev–Trinajstić information content (AvgIpc) is 3.05. The molecule has 1 aromatic heterocycles. The average molecular weight is 370 g/mol. The van der Waals surface area contributed by atoms with E-state index in [2.05, 4.69) is 22.5 Å². The molecule has 0 radical (unpaired) electrons. The summed E-state index contributed by atoms with van der Waals surface area (Å²) < 4.78 is 13.4. The lowest BCUT2D eigenvalue weighted by Gasteiger charge is -2.13. The summed E-state index contributed by atoms with van der Waals surface area (Å²) in [4.78, 5) is 0. The largest absolute Gasteiger partial charge is 0.496 e. The van der Waals surface area contributed by atoms with Crippen LogP contribution < -0.4 is 14.9 Å². The maximum absolute atomic E-state index is 5.69. The first-order valence-corrected chi connectivity index (χ1v) is 8.90. The van der Waals surface area contributed by atoms with Gasteiger partial charge in [-0.1, -0.05) is 31.2 Å². The zero-order valence-corrected chi connectivity index (χ0v) is 15.7. The molecule has 26 heavy (non-hydrogen) atoms.